The van der Waals surface area contributed by atoms with E-state index in [2.05, 4.69) is 10.0 Å². The molecule has 0 fully saturated rings. The molecule has 0 saturated carbocycles. The average Bonchev–Trinajstić information content (AvgIpc) is 2.44. The van der Waals surface area contributed by atoms with E-state index in [9.17, 15) is 8.42 Å². The Morgan fingerprint density at radius 1 is 1.20 bits per heavy atom. The predicted molar refractivity (Wildman–Crippen MR) is 80.5 cm³/mol. The summed E-state index contributed by atoms with van der Waals surface area (Å²) in [5.41, 5.74) is 0.855. The van der Waals surface area contributed by atoms with Crippen molar-refractivity contribution in [3.63, 3.8) is 0 Å². The average molecular weight is 300 g/mol. The first-order valence-corrected chi connectivity index (χ1v) is 8.49. The zero-order valence-corrected chi connectivity index (χ0v) is 13.2. The number of sulfonamides is 1. The van der Waals surface area contributed by atoms with Gasteiger partial charge in [-0.1, -0.05) is 13.8 Å². The molecule has 6 heteroatoms. The van der Waals surface area contributed by atoms with Gasteiger partial charge in [0.1, 0.15) is 5.75 Å². The molecular formula is C14H24N2O3S. The number of hydrogen-bond donors (Lipinski definition) is 2. The van der Waals surface area contributed by atoms with Gasteiger partial charge in [0, 0.05) is 18.7 Å². The van der Waals surface area contributed by atoms with Crippen molar-refractivity contribution in [1.29, 1.82) is 0 Å². The molecule has 20 heavy (non-hydrogen) atoms. The van der Waals surface area contributed by atoms with E-state index in [1.165, 1.54) is 0 Å². The molecule has 1 rings (SSSR count). The molecule has 0 aliphatic heterocycles. The van der Waals surface area contributed by atoms with Gasteiger partial charge in [-0.2, -0.15) is 0 Å². The molecule has 5 nitrogen and oxygen atoms in total. The standard InChI is InChI=1S/C14H24N2O3S/c1-4-9-16-20(17,18)13-7-8-14(19-6-3)12(10-13)11-15-5-2/h7-8,10,15-16H,4-6,9,11H2,1-3H3. The highest BCUT2D eigenvalue weighted by atomic mass is 32.2. The summed E-state index contributed by atoms with van der Waals surface area (Å²) in [6, 6.07) is 4.97. The number of rotatable bonds is 9. The van der Waals surface area contributed by atoms with E-state index in [1.54, 1.807) is 18.2 Å². The molecule has 0 saturated heterocycles. The lowest BCUT2D eigenvalue weighted by atomic mass is 10.2. The van der Waals surface area contributed by atoms with Gasteiger partial charge < -0.3 is 10.1 Å². The van der Waals surface area contributed by atoms with Crippen molar-refractivity contribution in [2.45, 2.75) is 38.6 Å². The monoisotopic (exact) mass is 300 g/mol. The normalized spacial score (nSPS) is 11.6. The second kappa shape index (κ2) is 8.24. The van der Waals surface area contributed by atoms with Crippen molar-refractivity contribution in [2.24, 2.45) is 0 Å². The fourth-order valence-corrected chi connectivity index (χ4v) is 2.92. The van der Waals surface area contributed by atoms with Crippen molar-refractivity contribution >= 4 is 10.0 Å². The molecule has 0 amide bonds. The van der Waals surface area contributed by atoms with E-state index in [-0.39, 0.29) is 4.90 Å². The summed E-state index contributed by atoms with van der Waals surface area (Å²) in [5, 5.41) is 3.19. The van der Waals surface area contributed by atoms with E-state index in [0.717, 1.165) is 24.3 Å². The van der Waals surface area contributed by atoms with Crippen LogP contribution in [-0.4, -0.2) is 28.1 Å². The summed E-state index contributed by atoms with van der Waals surface area (Å²) in [7, 11) is -3.44. The van der Waals surface area contributed by atoms with Gasteiger partial charge in [0.05, 0.1) is 11.5 Å². The van der Waals surface area contributed by atoms with Crippen LogP contribution >= 0.6 is 0 Å². The molecule has 2 N–H and O–H groups in total. The lowest BCUT2D eigenvalue weighted by molar-refractivity contribution is 0.335. The molecule has 0 aliphatic rings. The SMILES string of the molecule is CCCNS(=O)(=O)c1ccc(OCC)c(CNCC)c1. The minimum absolute atomic E-state index is 0.280. The van der Waals surface area contributed by atoms with Gasteiger partial charge in [-0.05, 0) is 38.1 Å². The van der Waals surface area contributed by atoms with Crippen LogP contribution < -0.4 is 14.8 Å². The Balaban J connectivity index is 3.04. The molecule has 0 unspecified atom stereocenters. The van der Waals surface area contributed by atoms with Crippen LogP contribution in [0.25, 0.3) is 0 Å². The maximum Gasteiger partial charge on any atom is 0.240 e. The maximum atomic E-state index is 12.1. The number of benzene rings is 1. The first-order chi connectivity index (χ1) is 9.55. The molecule has 0 radical (unpaired) electrons. The van der Waals surface area contributed by atoms with Gasteiger partial charge in [-0.25, -0.2) is 13.1 Å². The third-order valence-corrected chi connectivity index (χ3v) is 4.21. The van der Waals surface area contributed by atoms with Gasteiger partial charge in [0.2, 0.25) is 10.0 Å². The Morgan fingerprint density at radius 2 is 1.95 bits per heavy atom. The fourth-order valence-electron chi connectivity index (χ4n) is 1.74. The Kier molecular flexibility index (Phi) is 6.98. The summed E-state index contributed by atoms with van der Waals surface area (Å²) in [4.78, 5) is 0.280. The Morgan fingerprint density at radius 3 is 2.55 bits per heavy atom. The van der Waals surface area contributed by atoms with Crippen LogP contribution in [0.2, 0.25) is 0 Å². The number of hydrogen-bond acceptors (Lipinski definition) is 4. The van der Waals surface area contributed by atoms with E-state index in [0.29, 0.717) is 19.7 Å². The zero-order valence-electron chi connectivity index (χ0n) is 12.4. The smallest absolute Gasteiger partial charge is 0.240 e. The van der Waals surface area contributed by atoms with Crippen molar-refractivity contribution in [3.8, 4) is 5.75 Å². The van der Waals surface area contributed by atoms with Crippen LogP contribution in [0, 0.1) is 0 Å². The minimum atomic E-state index is -3.44. The second-order valence-electron chi connectivity index (χ2n) is 4.38. The van der Waals surface area contributed by atoms with Crippen LogP contribution in [0.1, 0.15) is 32.8 Å². The fraction of sp³-hybridized carbons (Fsp3) is 0.571. The highest BCUT2D eigenvalue weighted by molar-refractivity contribution is 7.89. The molecule has 0 bridgehead atoms. The van der Waals surface area contributed by atoms with Crippen LogP contribution in [0.15, 0.2) is 23.1 Å². The third-order valence-electron chi connectivity index (χ3n) is 2.75. The lowest BCUT2D eigenvalue weighted by Gasteiger charge is -2.13. The molecule has 0 heterocycles. The second-order valence-corrected chi connectivity index (χ2v) is 6.15. The molecule has 114 valence electrons. The molecule has 1 aromatic rings. The van der Waals surface area contributed by atoms with Crippen LogP contribution in [-0.2, 0) is 16.6 Å². The van der Waals surface area contributed by atoms with E-state index in [1.807, 2.05) is 20.8 Å². The van der Waals surface area contributed by atoms with Crippen LogP contribution in [0.4, 0.5) is 0 Å². The topological polar surface area (TPSA) is 67.4 Å². The third kappa shape index (κ3) is 4.77. The molecule has 0 spiro atoms. The van der Waals surface area contributed by atoms with Crippen molar-refractivity contribution < 1.29 is 13.2 Å². The largest absolute Gasteiger partial charge is 0.494 e. The number of nitrogens with one attached hydrogen (secondary N) is 2. The molecular weight excluding hydrogens is 276 g/mol. The Bertz CT molecular complexity index is 515. The highest BCUT2D eigenvalue weighted by Gasteiger charge is 2.15. The Labute approximate surface area is 121 Å². The molecule has 0 aliphatic carbocycles. The summed E-state index contributed by atoms with van der Waals surface area (Å²) < 4.78 is 32.3. The van der Waals surface area contributed by atoms with Gasteiger partial charge in [0.15, 0.2) is 0 Å². The molecule has 0 atom stereocenters. The van der Waals surface area contributed by atoms with E-state index >= 15 is 0 Å². The molecule has 1 aromatic carbocycles. The quantitative estimate of drug-likeness (QED) is 0.731. The summed E-state index contributed by atoms with van der Waals surface area (Å²) in [5.74, 6) is 0.725. The zero-order chi connectivity index (χ0) is 15.0. The van der Waals surface area contributed by atoms with Gasteiger partial charge in [-0.3, -0.25) is 0 Å². The van der Waals surface area contributed by atoms with Gasteiger partial charge >= 0.3 is 0 Å². The lowest BCUT2D eigenvalue weighted by Crippen LogP contribution is -2.24. The summed E-state index contributed by atoms with van der Waals surface area (Å²) >= 11 is 0. The first-order valence-electron chi connectivity index (χ1n) is 7.01. The van der Waals surface area contributed by atoms with E-state index < -0.39 is 10.0 Å². The van der Waals surface area contributed by atoms with Crippen LogP contribution in [0.5, 0.6) is 5.75 Å². The van der Waals surface area contributed by atoms with Gasteiger partial charge in [0.25, 0.3) is 0 Å². The van der Waals surface area contributed by atoms with Crippen molar-refractivity contribution in [3.05, 3.63) is 23.8 Å². The Hall–Kier alpha value is -1.11. The number of ether oxygens (including phenoxy) is 1. The van der Waals surface area contributed by atoms with Crippen molar-refractivity contribution in [2.75, 3.05) is 19.7 Å². The predicted octanol–water partition coefficient (Wildman–Crippen LogP) is 1.88. The maximum absolute atomic E-state index is 12.1. The minimum Gasteiger partial charge on any atom is -0.494 e. The molecule has 0 aromatic heterocycles. The highest BCUT2D eigenvalue weighted by Crippen LogP contribution is 2.22. The van der Waals surface area contributed by atoms with Crippen molar-refractivity contribution in [1.82, 2.24) is 10.0 Å². The van der Waals surface area contributed by atoms with Gasteiger partial charge in [-0.15, -0.1) is 0 Å². The summed E-state index contributed by atoms with van der Waals surface area (Å²) in [6.07, 6.45) is 0.764. The summed E-state index contributed by atoms with van der Waals surface area (Å²) in [6.45, 7) is 8.24. The van der Waals surface area contributed by atoms with E-state index in [4.69, 9.17) is 4.74 Å². The first kappa shape index (κ1) is 16.9. The van der Waals surface area contributed by atoms with Crippen LogP contribution in [0.3, 0.4) is 0 Å².